The molecule has 0 saturated heterocycles. The van der Waals surface area contributed by atoms with Gasteiger partial charge in [-0.25, -0.2) is 13.6 Å². The summed E-state index contributed by atoms with van der Waals surface area (Å²) < 4.78 is 32.9. The smallest absolute Gasteiger partial charge is 0.342 e. The number of phenols is 1. The van der Waals surface area contributed by atoms with Crippen LogP contribution in [-0.2, 0) is 11.2 Å². The summed E-state index contributed by atoms with van der Waals surface area (Å²) in [5.41, 5.74) is 0.621. The zero-order chi connectivity index (χ0) is 17.1. The summed E-state index contributed by atoms with van der Waals surface area (Å²) in [5, 5.41) is 10.4. The average molecular weight is 320 g/mol. The van der Waals surface area contributed by atoms with Gasteiger partial charge >= 0.3 is 5.97 Å². The molecule has 0 heterocycles. The zero-order valence-electron chi connectivity index (χ0n) is 13.2. The normalized spacial score (nSPS) is 10.7. The molecule has 122 valence electrons. The highest BCUT2D eigenvalue weighted by Gasteiger charge is 2.27. The minimum absolute atomic E-state index is 0.0735. The van der Waals surface area contributed by atoms with Crippen LogP contribution in [0, 0.1) is 18.6 Å². The van der Waals surface area contributed by atoms with Crippen molar-refractivity contribution in [1.82, 2.24) is 0 Å². The van der Waals surface area contributed by atoms with Crippen molar-refractivity contribution in [2.45, 2.75) is 27.2 Å². The number of carbonyl (C=O) groups excluding carboxylic acids is 1. The molecule has 0 aliphatic carbocycles. The molecule has 0 aliphatic heterocycles. The Labute approximate surface area is 133 Å². The van der Waals surface area contributed by atoms with Gasteiger partial charge in [0.2, 0.25) is 0 Å². The number of hydrogen-bond acceptors (Lipinski definition) is 3. The minimum Gasteiger partial charge on any atom is -0.507 e. The van der Waals surface area contributed by atoms with E-state index >= 15 is 0 Å². The van der Waals surface area contributed by atoms with Crippen LogP contribution >= 0.6 is 0 Å². The number of halogens is 2. The standard InChI is InChI=1S/C18H18F2O3/c1-4-13-10(3)16(20)14(11-6-8-12(19)9-7-11)15(17(13)21)18(22)23-5-2/h6-9,21H,4-5H2,1-3H3. The van der Waals surface area contributed by atoms with Gasteiger partial charge in [-0.15, -0.1) is 0 Å². The van der Waals surface area contributed by atoms with Crippen LogP contribution in [-0.4, -0.2) is 17.7 Å². The monoisotopic (exact) mass is 320 g/mol. The molecule has 3 nitrogen and oxygen atoms in total. The molecule has 0 aliphatic rings. The molecule has 0 atom stereocenters. The molecule has 0 fully saturated rings. The quantitative estimate of drug-likeness (QED) is 0.850. The Hall–Kier alpha value is -2.43. The van der Waals surface area contributed by atoms with E-state index in [4.69, 9.17) is 4.74 Å². The van der Waals surface area contributed by atoms with Crippen molar-refractivity contribution in [3.05, 3.63) is 52.6 Å². The van der Waals surface area contributed by atoms with Crippen molar-refractivity contribution in [2.24, 2.45) is 0 Å². The molecule has 0 radical (unpaired) electrons. The van der Waals surface area contributed by atoms with Crippen LogP contribution in [0.5, 0.6) is 5.75 Å². The predicted octanol–water partition coefficient (Wildman–Crippen LogP) is 4.38. The zero-order valence-corrected chi connectivity index (χ0v) is 13.2. The Morgan fingerprint density at radius 3 is 2.30 bits per heavy atom. The third kappa shape index (κ3) is 3.04. The summed E-state index contributed by atoms with van der Waals surface area (Å²) in [6, 6.07) is 5.07. The molecule has 1 N–H and O–H groups in total. The van der Waals surface area contributed by atoms with E-state index in [1.807, 2.05) is 0 Å². The van der Waals surface area contributed by atoms with Crippen molar-refractivity contribution in [1.29, 1.82) is 0 Å². The third-order valence-electron chi connectivity index (χ3n) is 3.74. The number of aromatic hydroxyl groups is 1. The maximum Gasteiger partial charge on any atom is 0.342 e. The molecule has 5 heteroatoms. The Balaban J connectivity index is 2.82. The first-order valence-electron chi connectivity index (χ1n) is 7.39. The Morgan fingerprint density at radius 2 is 1.78 bits per heavy atom. The molecule has 2 aromatic carbocycles. The fourth-order valence-electron chi connectivity index (χ4n) is 2.60. The molecular formula is C18H18F2O3. The predicted molar refractivity (Wildman–Crippen MR) is 83.5 cm³/mol. The summed E-state index contributed by atoms with van der Waals surface area (Å²) in [4.78, 5) is 12.2. The maximum atomic E-state index is 14.9. The Kier molecular flexibility index (Phi) is 4.98. The van der Waals surface area contributed by atoms with Crippen molar-refractivity contribution >= 4 is 5.97 Å². The first-order valence-corrected chi connectivity index (χ1v) is 7.39. The Morgan fingerprint density at radius 1 is 1.17 bits per heavy atom. The van der Waals surface area contributed by atoms with Gasteiger partial charge in [0.25, 0.3) is 0 Å². The second kappa shape index (κ2) is 6.77. The van der Waals surface area contributed by atoms with E-state index in [1.54, 1.807) is 13.8 Å². The lowest BCUT2D eigenvalue weighted by atomic mass is 9.91. The molecule has 0 bridgehead atoms. The van der Waals surface area contributed by atoms with E-state index in [2.05, 4.69) is 0 Å². The lowest BCUT2D eigenvalue weighted by Gasteiger charge is -2.17. The maximum absolute atomic E-state index is 14.9. The summed E-state index contributed by atoms with van der Waals surface area (Å²) in [6.07, 6.45) is 0.366. The van der Waals surface area contributed by atoms with E-state index in [1.165, 1.54) is 31.2 Å². The summed E-state index contributed by atoms with van der Waals surface area (Å²) in [6.45, 7) is 5.01. The van der Waals surface area contributed by atoms with E-state index in [-0.39, 0.29) is 29.0 Å². The van der Waals surface area contributed by atoms with Crippen LogP contribution in [0.2, 0.25) is 0 Å². The number of esters is 1. The van der Waals surface area contributed by atoms with E-state index in [9.17, 15) is 18.7 Å². The van der Waals surface area contributed by atoms with Gasteiger partial charge in [0.15, 0.2) is 0 Å². The number of phenolic OH excluding ortho intramolecular Hbond substituents is 1. The van der Waals surface area contributed by atoms with Crippen molar-refractivity contribution in [2.75, 3.05) is 6.61 Å². The van der Waals surface area contributed by atoms with Gasteiger partial charge in [0, 0.05) is 11.1 Å². The number of rotatable bonds is 4. The second-order valence-corrected chi connectivity index (χ2v) is 5.10. The minimum atomic E-state index is -0.807. The van der Waals surface area contributed by atoms with Crippen molar-refractivity contribution < 1.29 is 23.4 Å². The third-order valence-corrected chi connectivity index (χ3v) is 3.74. The fourth-order valence-corrected chi connectivity index (χ4v) is 2.60. The number of benzene rings is 2. The van der Waals surface area contributed by atoms with Gasteiger partial charge in [-0.3, -0.25) is 0 Å². The molecule has 23 heavy (non-hydrogen) atoms. The summed E-state index contributed by atoms with van der Waals surface area (Å²) in [5.74, 6) is -2.19. The largest absolute Gasteiger partial charge is 0.507 e. The molecule has 2 aromatic rings. The van der Waals surface area contributed by atoms with Crippen molar-refractivity contribution in [3.63, 3.8) is 0 Å². The average Bonchev–Trinajstić information content (AvgIpc) is 2.52. The molecule has 2 rings (SSSR count). The highest BCUT2D eigenvalue weighted by molar-refractivity contribution is 6.01. The van der Waals surface area contributed by atoms with Gasteiger partial charge in [-0.2, -0.15) is 0 Å². The van der Waals surface area contributed by atoms with Crippen LogP contribution in [0.25, 0.3) is 11.1 Å². The second-order valence-electron chi connectivity index (χ2n) is 5.10. The van der Waals surface area contributed by atoms with Crippen LogP contribution < -0.4 is 0 Å². The molecule has 0 aromatic heterocycles. The lowest BCUT2D eigenvalue weighted by molar-refractivity contribution is 0.0523. The van der Waals surface area contributed by atoms with E-state index in [0.29, 0.717) is 17.5 Å². The fraction of sp³-hybridized carbons (Fsp3) is 0.278. The van der Waals surface area contributed by atoms with Gasteiger partial charge < -0.3 is 9.84 Å². The first-order chi connectivity index (χ1) is 10.9. The lowest BCUT2D eigenvalue weighted by Crippen LogP contribution is -2.11. The topological polar surface area (TPSA) is 46.5 Å². The number of ether oxygens (including phenoxy) is 1. The summed E-state index contributed by atoms with van der Waals surface area (Å²) in [7, 11) is 0. The van der Waals surface area contributed by atoms with Gasteiger partial charge in [-0.1, -0.05) is 19.1 Å². The van der Waals surface area contributed by atoms with Gasteiger partial charge in [0.1, 0.15) is 22.9 Å². The molecule has 0 spiro atoms. The molecule has 0 amide bonds. The molecule has 0 saturated carbocycles. The number of hydrogen-bond donors (Lipinski definition) is 1. The molecular weight excluding hydrogens is 302 g/mol. The first kappa shape index (κ1) is 16.9. The highest BCUT2D eigenvalue weighted by Crippen LogP contribution is 2.39. The van der Waals surface area contributed by atoms with E-state index < -0.39 is 17.6 Å². The van der Waals surface area contributed by atoms with Crippen LogP contribution in [0.1, 0.15) is 35.3 Å². The van der Waals surface area contributed by atoms with Crippen molar-refractivity contribution in [3.8, 4) is 16.9 Å². The van der Waals surface area contributed by atoms with Crippen LogP contribution in [0.15, 0.2) is 24.3 Å². The van der Waals surface area contributed by atoms with Gasteiger partial charge in [-0.05, 0) is 43.5 Å². The van der Waals surface area contributed by atoms with Gasteiger partial charge in [0.05, 0.1) is 6.61 Å². The molecule has 0 unspecified atom stereocenters. The van der Waals surface area contributed by atoms with Crippen LogP contribution in [0.3, 0.4) is 0 Å². The number of carbonyl (C=O) groups is 1. The van der Waals surface area contributed by atoms with E-state index in [0.717, 1.165) is 0 Å². The van der Waals surface area contributed by atoms with Crippen LogP contribution in [0.4, 0.5) is 8.78 Å². The highest BCUT2D eigenvalue weighted by atomic mass is 19.1. The SMILES string of the molecule is CCOC(=O)c1c(O)c(CC)c(C)c(F)c1-c1ccc(F)cc1. The Bertz CT molecular complexity index is 737. The summed E-state index contributed by atoms with van der Waals surface area (Å²) >= 11 is 0.